The number of ether oxygens (including phenoxy) is 2. The summed E-state index contributed by atoms with van der Waals surface area (Å²) >= 11 is 6.41. The smallest absolute Gasteiger partial charge is 0.270 e. The van der Waals surface area contributed by atoms with E-state index < -0.39 is 0 Å². The summed E-state index contributed by atoms with van der Waals surface area (Å²) < 4.78 is 13.6. The molecule has 1 amide bonds. The average molecular weight is 554 g/mol. The topological polar surface area (TPSA) is 120 Å². The number of H-pyrrole nitrogens is 1. The Kier molecular flexibility index (Phi) is 6.75. The molecule has 0 radical (unpaired) electrons. The van der Waals surface area contributed by atoms with Crippen molar-refractivity contribution in [3.63, 3.8) is 0 Å². The second-order valence-corrected chi connectivity index (χ2v) is 9.74. The van der Waals surface area contributed by atoms with Gasteiger partial charge in [0.25, 0.3) is 11.9 Å². The fourth-order valence-electron chi connectivity index (χ4n) is 4.64. The highest BCUT2D eigenvalue weighted by atomic mass is 35.5. The molecule has 1 aliphatic carbocycles. The van der Waals surface area contributed by atoms with Gasteiger partial charge in [0.2, 0.25) is 0 Å². The van der Waals surface area contributed by atoms with Gasteiger partial charge >= 0.3 is 0 Å². The van der Waals surface area contributed by atoms with E-state index in [0.29, 0.717) is 34.9 Å². The van der Waals surface area contributed by atoms with Crippen molar-refractivity contribution >= 4 is 34.2 Å². The molecular weight excluding hydrogens is 530 g/mol. The molecule has 2 aromatic heterocycles. The number of allylic oxidation sites excluding steroid dienone is 3. The summed E-state index contributed by atoms with van der Waals surface area (Å²) in [5.41, 5.74) is 4.14. The standard InChI is InChI=1S/C29H24ClN7O3/c1-17-11-22(30)15-23(12-17)37-27(21-4-3-20-14-25(39-2)10-7-19(20)13-21)26(16-31-37)40-24-8-5-18(6-9-24)28(38)32-29-33-35-36-34-29/h3-5,7-8,10-16H,6,9H2,1-2H3,(H2,32,33,34,35,36,38). The fraction of sp³-hybridized carbons (Fsp3) is 0.138. The van der Waals surface area contributed by atoms with Gasteiger partial charge in [-0.15, -0.1) is 5.10 Å². The van der Waals surface area contributed by atoms with E-state index in [1.54, 1.807) is 25.5 Å². The van der Waals surface area contributed by atoms with Gasteiger partial charge in [0.05, 0.1) is 19.0 Å². The molecule has 2 N–H and O–H groups in total. The zero-order valence-corrected chi connectivity index (χ0v) is 22.4. The predicted molar refractivity (Wildman–Crippen MR) is 152 cm³/mol. The number of carbonyl (C=O) groups excluding carboxylic acids is 1. The Morgan fingerprint density at radius 2 is 1.90 bits per heavy atom. The van der Waals surface area contributed by atoms with Crippen LogP contribution in [0.1, 0.15) is 18.4 Å². The molecule has 0 bridgehead atoms. The van der Waals surface area contributed by atoms with E-state index in [9.17, 15) is 4.79 Å². The van der Waals surface area contributed by atoms with Crippen molar-refractivity contribution in [1.82, 2.24) is 30.4 Å². The van der Waals surface area contributed by atoms with Gasteiger partial charge < -0.3 is 9.47 Å². The summed E-state index contributed by atoms with van der Waals surface area (Å²) in [6.45, 7) is 1.99. The molecule has 0 aliphatic heterocycles. The number of aromatic nitrogens is 6. The molecule has 0 unspecified atom stereocenters. The van der Waals surface area contributed by atoms with Gasteiger partial charge in [-0.2, -0.15) is 10.3 Å². The number of carbonyl (C=O) groups is 1. The molecule has 200 valence electrons. The van der Waals surface area contributed by atoms with E-state index in [4.69, 9.17) is 21.1 Å². The number of nitrogens with zero attached hydrogens (tertiary/aromatic N) is 5. The van der Waals surface area contributed by atoms with Gasteiger partial charge in [0, 0.05) is 22.6 Å². The first kappa shape index (κ1) is 25.3. The minimum atomic E-state index is -0.283. The summed E-state index contributed by atoms with van der Waals surface area (Å²) in [7, 11) is 1.66. The quantitative estimate of drug-likeness (QED) is 0.261. The molecule has 5 aromatic rings. The maximum absolute atomic E-state index is 12.5. The van der Waals surface area contributed by atoms with Crippen LogP contribution in [-0.4, -0.2) is 43.4 Å². The van der Waals surface area contributed by atoms with Crippen LogP contribution in [0.3, 0.4) is 0 Å². The van der Waals surface area contributed by atoms with Gasteiger partial charge in [-0.25, -0.2) is 4.68 Å². The number of benzene rings is 3. The largest absolute Gasteiger partial charge is 0.497 e. The van der Waals surface area contributed by atoms with Crippen molar-refractivity contribution in [2.75, 3.05) is 12.4 Å². The third-order valence-corrected chi connectivity index (χ3v) is 6.76. The lowest BCUT2D eigenvalue weighted by Crippen LogP contribution is -2.17. The van der Waals surface area contributed by atoms with Crippen molar-refractivity contribution in [3.8, 4) is 28.4 Å². The monoisotopic (exact) mass is 553 g/mol. The van der Waals surface area contributed by atoms with Gasteiger partial charge in [0.15, 0.2) is 5.75 Å². The fourth-order valence-corrected chi connectivity index (χ4v) is 4.92. The molecule has 40 heavy (non-hydrogen) atoms. The number of hydrogen-bond acceptors (Lipinski definition) is 7. The molecular formula is C29H24ClN7O3. The zero-order valence-electron chi connectivity index (χ0n) is 21.7. The lowest BCUT2D eigenvalue weighted by molar-refractivity contribution is -0.113. The van der Waals surface area contributed by atoms with E-state index in [1.807, 2.05) is 54.1 Å². The zero-order chi connectivity index (χ0) is 27.6. The molecule has 2 heterocycles. The molecule has 0 fully saturated rings. The van der Waals surface area contributed by atoms with Crippen LogP contribution in [0, 0.1) is 6.92 Å². The summed E-state index contributed by atoms with van der Waals surface area (Å²) in [6, 6.07) is 17.9. The highest BCUT2D eigenvalue weighted by Gasteiger charge is 2.21. The van der Waals surface area contributed by atoms with Gasteiger partial charge in [-0.05, 0) is 77.4 Å². The molecule has 11 heteroatoms. The Balaban J connectivity index is 1.36. The number of methoxy groups -OCH3 is 1. The van der Waals surface area contributed by atoms with E-state index >= 15 is 0 Å². The predicted octanol–water partition coefficient (Wildman–Crippen LogP) is 5.80. The number of fused-ring (bicyclic) bond motifs is 1. The summed E-state index contributed by atoms with van der Waals surface area (Å²) in [4.78, 5) is 12.5. The Labute approximate surface area is 234 Å². The van der Waals surface area contributed by atoms with Crippen LogP contribution in [0.15, 0.2) is 84.3 Å². The maximum atomic E-state index is 12.5. The number of halogens is 1. The van der Waals surface area contributed by atoms with Crippen LogP contribution < -0.4 is 14.8 Å². The maximum Gasteiger partial charge on any atom is 0.270 e. The number of aromatic amines is 1. The van der Waals surface area contributed by atoms with E-state index in [0.717, 1.165) is 39.0 Å². The Bertz CT molecular complexity index is 1770. The van der Waals surface area contributed by atoms with Crippen LogP contribution in [0.5, 0.6) is 11.5 Å². The molecule has 10 nitrogen and oxygen atoms in total. The molecule has 3 aromatic carbocycles. The first-order valence-corrected chi connectivity index (χ1v) is 12.9. The molecule has 0 saturated carbocycles. The number of rotatable bonds is 7. The van der Waals surface area contributed by atoms with E-state index in [-0.39, 0.29) is 11.9 Å². The third kappa shape index (κ3) is 5.16. The molecule has 0 atom stereocenters. The second kappa shape index (κ2) is 10.7. The number of hydrogen-bond donors (Lipinski definition) is 2. The molecule has 6 rings (SSSR count). The summed E-state index contributed by atoms with van der Waals surface area (Å²) in [5, 5.41) is 23.3. The molecule has 0 spiro atoms. The Morgan fingerprint density at radius 1 is 1.05 bits per heavy atom. The molecule has 1 aliphatic rings. The highest BCUT2D eigenvalue weighted by Crippen LogP contribution is 2.37. The van der Waals surface area contributed by atoms with Crippen LogP contribution in [0.4, 0.5) is 5.95 Å². The number of nitrogens with one attached hydrogen (secondary N) is 2. The van der Waals surface area contributed by atoms with Crippen molar-refractivity contribution < 1.29 is 14.3 Å². The van der Waals surface area contributed by atoms with Crippen molar-refractivity contribution in [1.29, 1.82) is 0 Å². The summed E-state index contributed by atoms with van der Waals surface area (Å²) in [5.74, 6) is 1.94. The minimum Gasteiger partial charge on any atom is -0.497 e. The second-order valence-electron chi connectivity index (χ2n) is 9.30. The molecule has 0 saturated heterocycles. The normalized spacial score (nSPS) is 13.1. The van der Waals surface area contributed by atoms with Crippen molar-refractivity contribution in [2.24, 2.45) is 0 Å². The Morgan fingerprint density at radius 3 is 2.65 bits per heavy atom. The number of anilines is 1. The number of aryl methyl sites for hydroxylation is 1. The average Bonchev–Trinajstić information content (AvgIpc) is 3.62. The van der Waals surface area contributed by atoms with Crippen molar-refractivity contribution in [3.05, 3.63) is 94.9 Å². The summed E-state index contributed by atoms with van der Waals surface area (Å²) in [6.07, 6.45) is 6.26. The van der Waals surface area contributed by atoms with Gasteiger partial charge in [-0.1, -0.05) is 41.0 Å². The number of tetrazole rings is 1. The lowest BCUT2D eigenvalue weighted by Gasteiger charge is -2.16. The minimum absolute atomic E-state index is 0.124. The first-order valence-electron chi connectivity index (χ1n) is 12.5. The van der Waals surface area contributed by atoms with Gasteiger partial charge in [0.1, 0.15) is 17.2 Å². The van der Waals surface area contributed by atoms with Crippen LogP contribution in [0.2, 0.25) is 5.02 Å². The highest BCUT2D eigenvalue weighted by molar-refractivity contribution is 6.30. The van der Waals surface area contributed by atoms with Crippen LogP contribution in [0.25, 0.3) is 27.7 Å². The first-order chi connectivity index (χ1) is 19.5. The van der Waals surface area contributed by atoms with E-state index in [1.165, 1.54) is 0 Å². The number of amides is 1. The Hall–Kier alpha value is -4.96. The van der Waals surface area contributed by atoms with E-state index in [2.05, 4.69) is 43.2 Å². The van der Waals surface area contributed by atoms with Crippen LogP contribution >= 0.6 is 11.6 Å². The van der Waals surface area contributed by atoms with Gasteiger partial charge in [-0.3, -0.25) is 10.1 Å². The SMILES string of the molecule is COc1ccc2cc(-c3c(OC4=CC=C(C(=O)Nc5nn[nH]n5)CC4)cnn3-c3cc(C)cc(Cl)c3)ccc2c1. The lowest BCUT2D eigenvalue weighted by atomic mass is 10.0. The van der Waals surface area contributed by atoms with Crippen molar-refractivity contribution in [2.45, 2.75) is 19.8 Å². The third-order valence-electron chi connectivity index (χ3n) is 6.54. The van der Waals surface area contributed by atoms with Crippen LogP contribution in [-0.2, 0) is 4.79 Å².